The van der Waals surface area contributed by atoms with E-state index >= 15 is 0 Å². The molecule has 0 aromatic heterocycles. The Bertz CT molecular complexity index is 1730. The monoisotopic (exact) mass is 636 g/mol. The van der Waals surface area contributed by atoms with E-state index in [9.17, 15) is 9.59 Å². The molecule has 46 heavy (non-hydrogen) atoms. The van der Waals surface area contributed by atoms with Crippen LogP contribution in [0.2, 0.25) is 0 Å². The summed E-state index contributed by atoms with van der Waals surface area (Å²) in [5, 5.41) is 13.3. The number of hydrogen-bond donors (Lipinski definition) is 2. The van der Waals surface area contributed by atoms with Crippen molar-refractivity contribution >= 4 is 70.9 Å². The van der Waals surface area contributed by atoms with Crippen molar-refractivity contribution in [3.8, 4) is 11.1 Å². The lowest BCUT2D eigenvalue weighted by Crippen LogP contribution is -2.27. The Hall–Kier alpha value is -4.88. The molecule has 6 heteroatoms. The number of benzene rings is 6. The maximum absolute atomic E-state index is 12.8. The number of carbonyl (C=O) groups excluding carboxylic acids is 2. The third kappa shape index (κ3) is 6.85. The molecule has 0 spiro atoms. The number of amides is 2. The molecule has 0 atom stereocenters. The van der Waals surface area contributed by atoms with Gasteiger partial charge in [0.1, 0.15) is 0 Å². The van der Waals surface area contributed by atoms with Crippen molar-refractivity contribution in [3.05, 3.63) is 158 Å². The van der Waals surface area contributed by atoms with E-state index in [4.69, 9.17) is 0 Å². The molecule has 0 radical (unpaired) electrons. The molecule has 0 fully saturated rings. The van der Waals surface area contributed by atoms with E-state index in [0.717, 1.165) is 21.7 Å². The molecule has 0 saturated carbocycles. The minimum Gasteiger partial charge on any atom is -0.326 e. The van der Waals surface area contributed by atoms with Crippen LogP contribution in [0, 0.1) is 0 Å². The van der Waals surface area contributed by atoms with Gasteiger partial charge in [-0.25, -0.2) is 0 Å². The van der Waals surface area contributed by atoms with E-state index < -0.39 is 15.8 Å². The predicted molar refractivity (Wildman–Crippen MR) is 198 cm³/mol. The van der Waals surface area contributed by atoms with Crippen molar-refractivity contribution in [3.63, 3.8) is 0 Å². The summed E-state index contributed by atoms with van der Waals surface area (Å²) in [5.41, 5.74) is 3.24. The number of hydrogen-bond acceptors (Lipinski definition) is 2. The first-order chi connectivity index (χ1) is 22.5. The second-order valence-electron chi connectivity index (χ2n) is 10.8. The van der Waals surface area contributed by atoms with Crippen LogP contribution in [0.15, 0.2) is 158 Å². The van der Waals surface area contributed by atoms with Crippen LogP contribution >= 0.6 is 15.8 Å². The third-order valence-electron chi connectivity index (χ3n) is 7.50. The fourth-order valence-corrected chi connectivity index (χ4v) is 10.7. The molecule has 4 nitrogen and oxygen atoms in total. The van der Waals surface area contributed by atoms with Crippen molar-refractivity contribution < 1.29 is 9.59 Å². The lowest BCUT2D eigenvalue weighted by Gasteiger charge is -2.29. The lowest BCUT2D eigenvalue weighted by atomic mass is 10.0. The summed E-state index contributed by atoms with van der Waals surface area (Å²) in [7, 11) is -2.12. The third-order valence-corrected chi connectivity index (χ3v) is 12.5. The van der Waals surface area contributed by atoms with Gasteiger partial charge in [0.05, 0.1) is 0 Å². The van der Waals surface area contributed by atoms with Crippen LogP contribution in [0.3, 0.4) is 0 Å². The zero-order valence-electron chi connectivity index (χ0n) is 25.7. The molecule has 0 aliphatic heterocycles. The number of rotatable bonds is 9. The van der Waals surface area contributed by atoms with Crippen LogP contribution in [-0.2, 0) is 9.59 Å². The van der Waals surface area contributed by atoms with Gasteiger partial charge in [-0.2, -0.15) is 0 Å². The van der Waals surface area contributed by atoms with Crippen molar-refractivity contribution in [2.75, 3.05) is 10.6 Å². The maximum atomic E-state index is 12.8. The van der Waals surface area contributed by atoms with Gasteiger partial charge in [0.25, 0.3) is 0 Å². The largest absolute Gasteiger partial charge is 0.326 e. The van der Waals surface area contributed by atoms with Gasteiger partial charge in [0.2, 0.25) is 11.8 Å². The van der Waals surface area contributed by atoms with Crippen molar-refractivity contribution in [2.45, 2.75) is 13.8 Å². The highest BCUT2D eigenvalue weighted by Gasteiger charge is 2.29. The molecule has 6 rings (SSSR count). The molecule has 0 heterocycles. The smallest absolute Gasteiger partial charge is 0.221 e. The van der Waals surface area contributed by atoms with Gasteiger partial charge in [-0.1, -0.05) is 146 Å². The fourth-order valence-electron chi connectivity index (χ4n) is 5.73. The van der Waals surface area contributed by atoms with E-state index in [1.165, 1.54) is 35.1 Å². The molecular formula is C40H34N2O2P2. The quantitative estimate of drug-likeness (QED) is 0.172. The molecule has 0 aliphatic carbocycles. The van der Waals surface area contributed by atoms with Crippen LogP contribution in [-0.4, -0.2) is 11.8 Å². The first-order valence-electron chi connectivity index (χ1n) is 15.1. The van der Waals surface area contributed by atoms with E-state index in [1.807, 2.05) is 48.5 Å². The summed E-state index contributed by atoms with van der Waals surface area (Å²) in [6.45, 7) is 3.07. The molecule has 0 saturated heterocycles. The van der Waals surface area contributed by atoms with E-state index in [0.29, 0.717) is 11.4 Å². The Kier molecular flexibility index (Phi) is 9.79. The van der Waals surface area contributed by atoms with Crippen molar-refractivity contribution in [2.24, 2.45) is 0 Å². The minimum atomic E-state index is -1.06. The van der Waals surface area contributed by atoms with E-state index in [-0.39, 0.29) is 11.8 Å². The molecule has 0 bridgehead atoms. The summed E-state index contributed by atoms with van der Waals surface area (Å²) < 4.78 is 0. The van der Waals surface area contributed by atoms with Crippen molar-refractivity contribution in [1.29, 1.82) is 0 Å². The molecule has 0 unspecified atom stereocenters. The second kappa shape index (κ2) is 14.5. The Morgan fingerprint density at radius 1 is 0.391 bits per heavy atom. The highest BCUT2D eigenvalue weighted by Crippen LogP contribution is 2.45. The highest BCUT2D eigenvalue weighted by atomic mass is 31.1. The fraction of sp³-hybridized carbons (Fsp3) is 0.0500. The van der Waals surface area contributed by atoms with Gasteiger partial charge in [0, 0.05) is 36.3 Å². The predicted octanol–water partition coefficient (Wildman–Crippen LogP) is 6.79. The second-order valence-corrected chi connectivity index (χ2v) is 15.1. The maximum Gasteiger partial charge on any atom is 0.221 e. The highest BCUT2D eigenvalue weighted by molar-refractivity contribution is 7.80. The standard InChI is InChI=1S/C40H34N2O2P2/c1-29(43)41-35-25-15-27-37(45(31-17-7-3-8-18-31)32-19-9-4-10-20-32)39(35)40-36(42-30(2)44)26-16-28-38(40)46(33-21-11-5-12-22-33)34-23-13-6-14-24-34/h3-28H,1-2H3,(H,41,43)(H,42,44). The summed E-state index contributed by atoms with van der Waals surface area (Å²) in [5.74, 6) is -0.316. The minimum absolute atomic E-state index is 0.158. The molecule has 6 aromatic rings. The number of anilines is 2. The molecule has 6 aromatic carbocycles. The Morgan fingerprint density at radius 2 is 0.674 bits per heavy atom. The zero-order chi connectivity index (χ0) is 31.9. The van der Waals surface area contributed by atoms with Gasteiger partial charge < -0.3 is 10.6 Å². The summed E-state index contributed by atoms with van der Waals surface area (Å²) in [6, 6.07) is 54.5. The van der Waals surface area contributed by atoms with Gasteiger partial charge >= 0.3 is 0 Å². The first-order valence-corrected chi connectivity index (χ1v) is 17.8. The van der Waals surface area contributed by atoms with Gasteiger partial charge in [-0.15, -0.1) is 0 Å². The Labute approximate surface area is 273 Å². The zero-order valence-corrected chi connectivity index (χ0v) is 27.5. The molecule has 2 amide bonds. The number of nitrogens with one attached hydrogen (secondary N) is 2. The average Bonchev–Trinajstić information content (AvgIpc) is 3.07. The SMILES string of the molecule is CC(=O)Nc1cccc(P(c2ccccc2)c2ccccc2)c1-c1c(NC(C)=O)cccc1P(c1ccccc1)c1ccccc1. The lowest BCUT2D eigenvalue weighted by molar-refractivity contribution is -0.115. The van der Waals surface area contributed by atoms with E-state index in [2.05, 4.69) is 120 Å². The van der Waals surface area contributed by atoms with E-state index in [1.54, 1.807) is 0 Å². The normalized spacial score (nSPS) is 11.0. The number of carbonyl (C=O) groups is 2. The van der Waals surface area contributed by atoms with Crippen molar-refractivity contribution in [1.82, 2.24) is 0 Å². The molecule has 0 aliphatic rings. The molecule has 2 N–H and O–H groups in total. The average molecular weight is 637 g/mol. The Morgan fingerprint density at radius 3 is 0.935 bits per heavy atom. The van der Waals surface area contributed by atoms with Crippen LogP contribution in [0.4, 0.5) is 11.4 Å². The van der Waals surface area contributed by atoms with Gasteiger partial charge in [-0.3, -0.25) is 9.59 Å². The summed E-state index contributed by atoms with van der Waals surface area (Å²) in [6.07, 6.45) is 0. The molecular weight excluding hydrogens is 602 g/mol. The first kappa shape index (κ1) is 31.1. The Balaban J connectivity index is 1.74. The summed E-state index contributed by atoms with van der Waals surface area (Å²) in [4.78, 5) is 25.5. The summed E-state index contributed by atoms with van der Waals surface area (Å²) >= 11 is 0. The van der Waals surface area contributed by atoms with Crippen LogP contribution in [0.1, 0.15) is 13.8 Å². The van der Waals surface area contributed by atoms with Crippen LogP contribution in [0.5, 0.6) is 0 Å². The van der Waals surface area contributed by atoms with Crippen LogP contribution in [0.25, 0.3) is 11.1 Å². The van der Waals surface area contributed by atoms with Gasteiger partial charge in [0.15, 0.2) is 0 Å². The topological polar surface area (TPSA) is 58.2 Å². The van der Waals surface area contributed by atoms with Crippen LogP contribution < -0.4 is 42.5 Å². The molecule has 226 valence electrons. The van der Waals surface area contributed by atoms with Gasteiger partial charge in [-0.05, 0) is 59.8 Å².